The molecule has 0 saturated carbocycles. The molecule has 4 amide bonds. The summed E-state index contributed by atoms with van der Waals surface area (Å²) in [5.74, 6) is -4.14. The largest absolute Gasteiger partial charge is 0.480 e. The van der Waals surface area contributed by atoms with Crippen molar-refractivity contribution < 1.29 is 57.9 Å². The van der Waals surface area contributed by atoms with Gasteiger partial charge in [0.1, 0.15) is 25.3 Å². The number of carboxylic acids is 2. The lowest BCUT2D eigenvalue weighted by Crippen LogP contribution is -2.43. The van der Waals surface area contributed by atoms with E-state index in [0.29, 0.717) is 45.6 Å². The average molecular weight is 636 g/mol. The predicted molar refractivity (Wildman–Crippen MR) is 156 cm³/mol. The van der Waals surface area contributed by atoms with Crippen molar-refractivity contribution in [2.75, 3.05) is 79.5 Å². The molecular weight excluding hydrogens is 586 g/mol. The van der Waals surface area contributed by atoms with E-state index in [2.05, 4.69) is 26.6 Å². The maximum atomic E-state index is 12.0. The highest BCUT2D eigenvalue weighted by Gasteiger charge is 2.21. The maximum Gasteiger partial charge on any atom is 0.326 e. The molecule has 254 valence electrons. The van der Waals surface area contributed by atoms with E-state index in [-0.39, 0.29) is 71.4 Å². The van der Waals surface area contributed by atoms with E-state index >= 15 is 0 Å². The number of amides is 4. The molecule has 17 heteroatoms. The van der Waals surface area contributed by atoms with E-state index in [1.54, 1.807) is 7.05 Å². The minimum absolute atomic E-state index is 0.0648. The molecule has 2 unspecified atom stereocenters. The van der Waals surface area contributed by atoms with E-state index in [0.717, 1.165) is 0 Å². The van der Waals surface area contributed by atoms with Crippen LogP contribution in [0, 0.1) is 0 Å². The molecule has 7 N–H and O–H groups in total. The minimum atomic E-state index is -1.27. The van der Waals surface area contributed by atoms with Crippen molar-refractivity contribution in [3.05, 3.63) is 0 Å². The van der Waals surface area contributed by atoms with Crippen LogP contribution in [0.5, 0.6) is 0 Å². The molecule has 0 fully saturated rings. The molecule has 0 aliphatic carbocycles. The van der Waals surface area contributed by atoms with Crippen LogP contribution in [-0.2, 0) is 47.7 Å². The zero-order chi connectivity index (χ0) is 33.0. The van der Waals surface area contributed by atoms with Crippen molar-refractivity contribution in [1.29, 1.82) is 0 Å². The maximum absolute atomic E-state index is 12.0. The summed E-state index contributed by atoms with van der Waals surface area (Å²) in [7, 11) is 1.79. The lowest BCUT2D eigenvalue weighted by molar-refractivity contribution is -0.143. The van der Waals surface area contributed by atoms with Crippen molar-refractivity contribution in [2.24, 2.45) is 0 Å². The Bertz CT molecular complexity index is 861. The number of hydrogen-bond donors (Lipinski definition) is 7. The smallest absolute Gasteiger partial charge is 0.326 e. The number of rotatable bonds is 29. The van der Waals surface area contributed by atoms with Crippen LogP contribution in [0.2, 0.25) is 0 Å². The fourth-order valence-corrected chi connectivity index (χ4v) is 3.47. The van der Waals surface area contributed by atoms with Gasteiger partial charge >= 0.3 is 11.9 Å². The van der Waals surface area contributed by atoms with Crippen LogP contribution < -0.4 is 26.6 Å². The molecule has 0 aromatic heterocycles. The number of carbonyl (C=O) groups excluding carboxylic acids is 4. The lowest BCUT2D eigenvalue weighted by atomic mass is 10.1. The zero-order valence-electron chi connectivity index (χ0n) is 25.7. The monoisotopic (exact) mass is 635 g/mol. The van der Waals surface area contributed by atoms with Gasteiger partial charge in [0.25, 0.3) is 0 Å². The van der Waals surface area contributed by atoms with Crippen LogP contribution in [-0.4, -0.2) is 137 Å². The SMILES string of the molecule is CNCCOCCOCC(=O)NC(CCC(=O)NCCOCCOCC(=O)NC(CCCCCNC(C)=O)C(=O)O)C(=O)O. The first-order chi connectivity index (χ1) is 21.1. The first kappa shape index (κ1) is 40.6. The summed E-state index contributed by atoms with van der Waals surface area (Å²) in [6.07, 6.45) is 2.00. The Morgan fingerprint density at radius 3 is 1.64 bits per heavy atom. The van der Waals surface area contributed by atoms with Gasteiger partial charge in [-0.1, -0.05) is 12.8 Å². The third-order valence-corrected chi connectivity index (χ3v) is 5.75. The van der Waals surface area contributed by atoms with Crippen LogP contribution >= 0.6 is 0 Å². The van der Waals surface area contributed by atoms with Gasteiger partial charge in [0.2, 0.25) is 23.6 Å². The first-order valence-corrected chi connectivity index (χ1v) is 14.6. The summed E-state index contributed by atoms with van der Waals surface area (Å²) in [6.45, 7) is 3.40. The van der Waals surface area contributed by atoms with Crippen molar-refractivity contribution >= 4 is 35.6 Å². The Balaban J connectivity index is 3.93. The van der Waals surface area contributed by atoms with Crippen LogP contribution in [0.4, 0.5) is 0 Å². The van der Waals surface area contributed by atoms with Crippen LogP contribution in [0.3, 0.4) is 0 Å². The lowest BCUT2D eigenvalue weighted by Gasteiger charge is -2.15. The van der Waals surface area contributed by atoms with E-state index in [1.807, 2.05) is 0 Å². The molecule has 0 bridgehead atoms. The highest BCUT2D eigenvalue weighted by atomic mass is 16.5. The molecule has 0 aromatic carbocycles. The first-order valence-electron chi connectivity index (χ1n) is 14.6. The van der Waals surface area contributed by atoms with Gasteiger partial charge < -0.3 is 55.7 Å². The van der Waals surface area contributed by atoms with Gasteiger partial charge in [-0.15, -0.1) is 0 Å². The summed E-state index contributed by atoms with van der Waals surface area (Å²) in [5.41, 5.74) is 0. The number of carboxylic acid groups (broad SMARTS) is 2. The molecule has 0 aromatic rings. The van der Waals surface area contributed by atoms with Crippen molar-refractivity contribution in [3.8, 4) is 0 Å². The topological polar surface area (TPSA) is 240 Å². The highest BCUT2D eigenvalue weighted by molar-refractivity contribution is 5.85. The van der Waals surface area contributed by atoms with E-state index < -0.39 is 41.7 Å². The minimum Gasteiger partial charge on any atom is -0.480 e. The van der Waals surface area contributed by atoms with Crippen molar-refractivity contribution in [3.63, 3.8) is 0 Å². The predicted octanol–water partition coefficient (Wildman–Crippen LogP) is -2.00. The van der Waals surface area contributed by atoms with E-state index in [1.165, 1.54) is 6.92 Å². The van der Waals surface area contributed by atoms with Crippen LogP contribution in [0.25, 0.3) is 0 Å². The number of aliphatic carboxylic acids is 2. The van der Waals surface area contributed by atoms with E-state index in [9.17, 15) is 39.0 Å². The number of unbranched alkanes of at least 4 members (excludes halogenated alkanes) is 2. The van der Waals surface area contributed by atoms with E-state index in [4.69, 9.17) is 18.9 Å². The van der Waals surface area contributed by atoms with Gasteiger partial charge in [0.05, 0.1) is 39.6 Å². The number of likely N-dealkylation sites (N-methyl/N-ethyl adjacent to an activating group) is 1. The zero-order valence-corrected chi connectivity index (χ0v) is 25.7. The van der Waals surface area contributed by atoms with Crippen molar-refractivity contribution in [2.45, 2.75) is 57.5 Å². The number of hydrogen-bond acceptors (Lipinski definition) is 11. The normalized spacial score (nSPS) is 12.1. The Hall–Kier alpha value is -3.38. The number of nitrogens with one attached hydrogen (secondary N) is 5. The molecule has 0 heterocycles. The molecule has 0 radical (unpaired) electrons. The second-order valence-corrected chi connectivity index (χ2v) is 9.57. The quantitative estimate of drug-likeness (QED) is 0.0441. The Morgan fingerprint density at radius 2 is 1.11 bits per heavy atom. The van der Waals surface area contributed by atoms with Crippen LogP contribution in [0.15, 0.2) is 0 Å². The van der Waals surface area contributed by atoms with Gasteiger partial charge in [-0.2, -0.15) is 0 Å². The Labute approximate surface area is 257 Å². The second-order valence-electron chi connectivity index (χ2n) is 9.57. The Kier molecular flexibility index (Phi) is 25.1. The number of carbonyl (C=O) groups is 6. The summed E-state index contributed by atoms with van der Waals surface area (Å²) < 4.78 is 20.9. The highest BCUT2D eigenvalue weighted by Crippen LogP contribution is 2.04. The summed E-state index contributed by atoms with van der Waals surface area (Å²) in [4.78, 5) is 69.5. The van der Waals surface area contributed by atoms with Gasteiger partial charge in [-0.05, 0) is 26.3 Å². The van der Waals surface area contributed by atoms with Crippen LogP contribution in [0.1, 0.15) is 45.4 Å². The molecular formula is C27H49N5O12. The van der Waals surface area contributed by atoms with Gasteiger partial charge in [0, 0.05) is 33.0 Å². The van der Waals surface area contributed by atoms with Crippen molar-refractivity contribution in [1.82, 2.24) is 26.6 Å². The molecule has 0 aliphatic rings. The molecule has 0 aliphatic heterocycles. The number of ether oxygens (including phenoxy) is 4. The molecule has 44 heavy (non-hydrogen) atoms. The van der Waals surface area contributed by atoms with Gasteiger partial charge in [-0.3, -0.25) is 19.2 Å². The summed E-state index contributed by atoms with van der Waals surface area (Å²) >= 11 is 0. The molecule has 2 atom stereocenters. The second kappa shape index (κ2) is 27.2. The molecule has 17 nitrogen and oxygen atoms in total. The summed E-state index contributed by atoms with van der Waals surface area (Å²) in [5, 5.41) is 31.5. The van der Waals surface area contributed by atoms with Gasteiger partial charge in [0.15, 0.2) is 0 Å². The molecule has 0 saturated heterocycles. The fourth-order valence-electron chi connectivity index (χ4n) is 3.47. The standard InChI is InChI=1S/C27H49N5O12/c1-20(33)29-9-5-3-4-6-21(26(37)38)31-24(35)18-44-17-15-42-13-11-30-23(34)8-7-22(27(39)40)32-25(36)19-43-16-14-41-12-10-28-2/h21-22,28H,3-19H2,1-2H3,(H,29,33)(H,30,34)(H,31,35)(H,32,36)(H,37,38)(H,39,40). The third kappa shape index (κ3) is 25.1. The average Bonchev–Trinajstić information content (AvgIpc) is 2.96. The summed E-state index contributed by atoms with van der Waals surface area (Å²) in [6, 6.07) is -2.28. The Morgan fingerprint density at radius 1 is 0.591 bits per heavy atom. The third-order valence-electron chi connectivity index (χ3n) is 5.75. The van der Waals surface area contributed by atoms with Gasteiger partial charge in [-0.25, -0.2) is 9.59 Å². The molecule has 0 rings (SSSR count). The fraction of sp³-hybridized carbons (Fsp3) is 0.778. The molecule has 0 spiro atoms.